The Morgan fingerprint density at radius 2 is 2.05 bits per heavy atom. The smallest absolute Gasteiger partial charge is 0.258 e. The molecular formula is C9H6N6O4S. The van der Waals surface area contributed by atoms with Crippen molar-refractivity contribution in [2.24, 2.45) is 10.3 Å². The first-order chi connectivity index (χ1) is 9.58. The van der Waals surface area contributed by atoms with Crippen LogP contribution >= 0.6 is 11.3 Å². The molecule has 0 fully saturated rings. The van der Waals surface area contributed by atoms with Crippen molar-refractivity contribution in [2.45, 2.75) is 0 Å². The summed E-state index contributed by atoms with van der Waals surface area (Å²) in [5, 5.41) is 30.7. The Labute approximate surface area is 115 Å². The van der Waals surface area contributed by atoms with E-state index in [1.54, 1.807) is 5.38 Å². The number of hydrogen-bond donors (Lipinski definition) is 1. The van der Waals surface area contributed by atoms with Gasteiger partial charge in [0, 0.05) is 17.6 Å². The van der Waals surface area contributed by atoms with Gasteiger partial charge >= 0.3 is 5.69 Å². The highest BCUT2D eigenvalue weighted by Crippen LogP contribution is 2.29. The van der Waals surface area contributed by atoms with E-state index >= 15 is 0 Å². The quantitative estimate of drug-likeness (QED) is 0.511. The van der Waals surface area contributed by atoms with E-state index in [1.807, 2.05) is 0 Å². The molecule has 0 bridgehead atoms. The summed E-state index contributed by atoms with van der Waals surface area (Å²) >= 11 is 1.24. The van der Waals surface area contributed by atoms with Crippen LogP contribution in [0.25, 0.3) is 0 Å². The zero-order chi connectivity index (χ0) is 14.5. The summed E-state index contributed by atoms with van der Waals surface area (Å²) < 4.78 is 0. The van der Waals surface area contributed by atoms with Crippen molar-refractivity contribution in [1.82, 2.24) is 4.98 Å². The van der Waals surface area contributed by atoms with Crippen LogP contribution in [0, 0.1) is 20.2 Å². The number of anilines is 1. The lowest BCUT2D eigenvalue weighted by molar-refractivity contribution is -0.393. The molecule has 1 aromatic carbocycles. The van der Waals surface area contributed by atoms with Crippen LogP contribution in [0.1, 0.15) is 0 Å². The van der Waals surface area contributed by atoms with Crippen molar-refractivity contribution in [3.63, 3.8) is 0 Å². The van der Waals surface area contributed by atoms with Gasteiger partial charge in [-0.2, -0.15) is 0 Å². The highest BCUT2D eigenvalue weighted by atomic mass is 32.1. The molecule has 0 aliphatic rings. The first-order valence-corrected chi connectivity index (χ1v) is 5.95. The molecule has 102 valence electrons. The Hall–Kier alpha value is -2.95. The van der Waals surface area contributed by atoms with E-state index in [2.05, 4.69) is 20.7 Å². The Bertz CT molecular complexity index is 671. The third-order valence-corrected chi connectivity index (χ3v) is 2.77. The SMILES string of the molecule is O=[N+]([O-])c1ccc(N/N=N/c2nccs2)c([N+](=O)[O-])c1. The summed E-state index contributed by atoms with van der Waals surface area (Å²) in [6, 6.07) is 3.17. The molecule has 0 atom stereocenters. The van der Waals surface area contributed by atoms with Crippen LogP contribution < -0.4 is 5.43 Å². The van der Waals surface area contributed by atoms with E-state index < -0.39 is 15.5 Å². The second-order valence-electron chi connectivity index (χ2n) is 3.34. The molecule has 1 heterocycles. The summed E-state index contributed by atoms with van der Waals surface area (Å²) in [4.78, 5) is 23.8. The number of nitro groups is 2. The van der Waals surface area contributed by atoms with E-state index in [9.17, 15) is 20.2 Å². The van der Waals surface area contributed by atoms with Gasteiger partial charge < -0.3 is 0 Å². The number of nitrogens with one attached hydrogen (secondary N) is 1. The summed E-state index contributed by atoms with van der Waals surface area (Å²) in [7, 11) is 0. The maximum atomic E-state index is 10.8. The van der Waals surface area contributed by atoms with Gasteiger partial charge in [0.05, 0.1) is 15.9 Å². The van der Waals surface area contributed by atoms with Crippen LogP contribution in [0.4, 0.5) is 22.2 Å². The van der Waals surface area contributed by atoms with Gasteiger partial charge in [-0.15, -0.1) is 16.5 Å². The molecule has 2 rings (SSSR count). The van der Waals surface area contributed by atoms with Gasteiger partial charge in [-0.3, -0.25) is 25.7 Å². The molecule has 1 aromatic heterocycles. The predicted octanol–water partition coefficient (Wildman–Crippen LogP) is 3.07. The molecule has 0 radical (unpaired) electrons. The highest BCUT2D eigenvalue weighted by Gasteiger charge is 2.19. The monoisotopic (exact) mass is 294 g/mol. The van der Waals surface area contributed by atoms with Crippen molar-refractivity contribution < 1.29 is 9.85 Å². The third kappa shape index (κ3) is 3.08. The molecule has 1 N–H and O–H groups in total. The third-order valence-electron chi connectivity index (χ3n) is 2.11. The molecule has 0 unspecified atom stereocenters. The predicted molar refractivity (Wildman–Crippen MR) is 70.0 cm³/mol. The van der Waals surface area contributed by atoms with E-state index in [0.717, 1.165) is 12.1 Å². The van der Waals surface area contributed by atoms with Gasteiger partial charge in [0.25, 0.3) is 5.69 Å². The molecule has 0 aliphatic carbocycles. The fraction of sp³-hybridized carbons (Fsp3) is 0. The van der Waals surface area contributed by atoms with Gasteiger partial charge in [-0.25, -0.2) is 4.98 Å². The number of aromatic nitrogens is 1. The highest BCUT2D eigenvalue weighted by molar-refractivity contribution is 7.13. The van der Waals surface area contributed by atoms with Crippen LogP contribution in [0.15, 0.2) is 40.1 Å². The number of nitrogens with zero attached hydrogens (tertiary/aromatic N) is 5. The second kappa shape index (κ2) is 5.79. The number of non-ortho nitro benzene ring substituents is 1. The van der Waals surface area contributed by atoms with Gasteiger partial charge in [0.2, 0.25) is 5.13 Å². The van der Waals surface area contributed by atoms with Crippen molar-refractivity contribution in [2.75, 3.05) is 5.43 Å². The molecule has 10 nitrogen and oxygen atoms in total. The summed E-state index contributed by atoms with van der Waals surface area (Å²) in [5.41, 5.74) is 1.52. The fourth-order valence-corrected chi connectivity index (χ4v) is 1.72. The minimum Gasteiger partial charge on any atom is -0.258 e. The lowest BCUT2D eigenvalue weighted by Gasteiger charge is -2.00. The van der Waals surface area contributed by atoms with Gasteiger partial charge in [0.15, 0.2) is 0 Å². The van der Waals surface area contributed by atoms with Crippen molar-refractivity contribution in [1.29, 1.82) is 0 Å². The van der Waals surface area contributed by atoms with Crippen LogP contribution in [-0.2, 0) is 0 Å². The standard InChI is InChI=1S/C9H6N6O4S/c16-14(17)6-1-2-7(8(5-6)15(18)19)11-13-12-9-10-3-4-20-9/h1-5H,(H,10,11,12). The summed E-state index contributed by atoms with van der Waals surface area (Å²) in [6.45, 7) is 0. The van der Waals surface area contributed by atoms with Gasteiger partial charge in [-0.1, -0.05) is 5.22 Å². The zero-order valence-corrected chi connectivity index (χ0v) is 10.5. The molecule has 11 heteroatoms. The number of hydrogen-bond acceptors (Lipinski definition) is 8. The molecule has 20 heavy (non-hydrogen) atoms. The number of benzene rings is 1. The molecule has 0 saturated heterocycles. The van der Waals surface area contributed by atoms with Crippen LogP contribution in [-0.4, -0.2) is 14.8 Å². The zero-order valence-electron chi connectivity index (χ0n) is 9.66. The van der Waals surface area contributed by atoms with Gasteiger partial charge in [-0.05, 0) is 6.07 Å². The first-order valence-electron chi connectivity index (χ1n) is 5.07. The molecule has 0 amide bonds. The van der Waals surface area contributed by atoms with E-state index in [1.165, 1.54) is 23.6 Å². The van der Waals surface area contributed by atoms with Crippen molar-refractivity contribution in [3.8, 4) is 0 Å². The minimum atomic E-state index is -0.742. The number of rotatable bonds is 5. The van der Waals surface area contributed by atoms with Crippen LogP contribution in [0.5, 0.6) is 0 Å². The Balaban J connectivity index is 2.22. The number of nitro benzene ring substituents is 2. The van der Waals surface area contributed by atoms with Gasteiger partial charge in [0.1, 0.15) is 5.69 Å². The summed E-state index contributed by atoms with van der Waals surface area (Å²) in [6.07, 6.45) is 1.54. The minimum absolute atomic E-state index is 0.000839. The average Bonchev–Trinajstić information content (AvgIpc) is 2.91. The summed E-state index contributed by atoms with van der Waals surface area (Å²) in [5.74, 6) is 0. The molecular weight excluding hydrogens is 288 g/mol. The molecule has 0 saturated carbocycles. The number of thiazole rings is 1. The molecule has 0 aliphatic heterocycles. The topological polar surface area (TPSA) is 136 Å². The van der Waals surface area contributed by atoms with E-state index in [-0.39, 0.29) is 11.4 Å². The van der Waals surface area contributed by atoms with E-state index in [0.29, 0.717) is 5.13 Å². The van der Waals surface area contributed by atoms with Crippen molar-refractivity contribution >= 4 is 33.5 Å². The Kier molecular flexibility index (Phi) is 3.91. The Morgan fingerprint density at radius 3 is 2.65 bits per heavy atom. The lowest BCUT2D eigenvalue weighted by atomic mass is 10.2. The van der Waals surface area contributed by atoms with E-state index in [4.69, 9.17) is 0 Å². The van der Waals surface area contributed by atoms with Crippen LogP contribution in [0.3, 0.4) is 0 Å². The Morgan fingerprint density at radius 1 is 1.25 bits per heavy atom. The maximum absolute atomic E-state index is 10.8. The first kappa shape index (κ1) is 13.5. The average molecular weight is 294 g/mol. The second-order valence-corrected chi connectivity index (χ2v) is 4.22. The lowest BCUT2D eigenvalue weighted by Crippen LogP contribution is -1.97. The normalized spacial score (nSPS) is 10.6. The fourth-order valence-electron chi connectivity index (χ4n) is 1.27. The largest absolute Gasteiger partial charge is 0.301 e. The van der Waals surface area contributed by atoms with Crippen LogP contribution in [0.2, 0.25) is 0 Å². The molecule has 2 aromatic rings. The maximum Gasteiger partial charge on any atom is 0.301 e. The van der Waals surface area contributed by atoms with Crippen molar-refractivity contribution in [3.05, 3.63) is 50.0 Å². The molecule has 0 spiro atoms.